The molecule has 0 spiro atoms. The van der Waals surface area contributed by atoms with E-state index in [0.29, 0.717) is 12.2 Å². The average Bonchev–Trinajstić information content (AvgIpc) is 2.28. The van der Waals surface area contributed by atoms with E-state index < -0.39 is 18.2 Å². The molecule has 0 heterocycles. The molecule has 88 valence electrons. The molecule has 0 bridgehead atoms. The van der Waals surface area contributed by atoms with Crippen molar-refractivity contribution in [2.45, 2.75) is 32.5 Å². The number of hydrogen-bond donors (Lipinski definition) is 2. The van der Waals surface area contributed by atoms with Crippen molar-refractivity contribution in [2.75, 3.05) is 0 Å². The zero-order valence-corrected chi connectivity index (χ0v) is 9.38. The summed E-state index contributed by atoms with van der Waals surface area (Å²) in [6, 6.07) is 6.79. The molecule has 1 aromatic carbocycles. The summed E-state index contributed by atoms with van der Waals surface area (Å²) in [5.74, 6) is -0.514. The Hall–Kier alpha value is -1.55. The lowest BCUT2D eigenvalue weighted by Crippen LogP contribution is -2.22. The Bertz CT molecular complexity index is 345. The van der Waals surface area contributed by atoms with Crippen LogP contribution in [0.15, 0.2) is 24.3 Å². The Kier molecular flexibility index (Phi) is 4.31. The number of hydrogen-bond acceptors (Lipinski definition) is 3. The van der Waals surface area contributed by atoms with Crippen molar-refractivity contribution in [3.05, 3.63) is 29.8 Å². The van der Waals surface area contributed by atoms with Gasteiger partial charge in [-0.2, -0.15) is 0 Å². The third kappa shape index (κ3) is 3.24. The van der Waals surface area contributed by atoms with Crippen LogP contribution in [0.1, 0.15) is 31.9 Å². The smallest absolute Gasteiger partial charge is 0.344 e. The monoisotopic (exact) mass is 224 g/mol. The number of carbonyl (C=O) groups is 1. The molecule has 0 aliphatic heterocycles. The SMILES string of the molecule is CCC(O)c1ccc(OC(C)C(=O)O)cc1. The van der Waals surface area contributed by atoms with Gasteiger partial charge in [-0.15, -0.1) is 0 Å². The van der Waals surface area contributed by atoms with E-state index in [2.05, 4.69) is 0 Å². The van der Waals surface area contributed by atoms with Gasteiger partial charge in [-0.05, 0) is 31.0 Å². The van der Waals surface area contributed by atoms with E-state index in [1.807, 2.05) is 6.92 Å². The number of carboxylic acid groups (broad SMARTS) is 1. The molecular weight excluding hydrogens is 208 g/mol. The van der Waals surface area contributed by atoms with Crippen molar-refractivity contribution in [1.29, 1.82) is 0 Å². The highest BCUT2D eigenvalue weighted by molar-refractivity contribution is 5.72. The van der Waals surface area contributed by atoms with Gasteiger partial charge >= 0.3 is 5.97 Å². The van der Waals surface area contributed by atoms with Gasteiger partial charge in [0.15, 0.2) is 6.10 Å². The minimum atomic E-state index is -1.00. The molecule has 0 radical (unpaired) electrons. The lowest BCUT2D eigenvalue weighted by molar-refractivity contribution is -0.144. The van der Waals surface area contributed by atoms with E-state index in [4.69, 9.17) is 9.84 Å². The predicted molar refractivity (Wildman–Crippen MR) is 59.4 cm³/mol. The molecule has 1 rings (SSSR count). The van der Waals surface area contributed by atoms with Gasteiger partial charge in [-0.3, -0.25) is 0 Å². The van der Waals surface area contributed by atoms with Crippen molar-refractivity contribution in [3.8, 4) is 5.75 Å². The third-order valence-electron chi connectivity index (χ3n) is 2.31. The zero-order chi connectivity index (χ0) is 12.1. The topological polar surface area (TPSA) is 66.8 Å². The van der Waals surface area contributed by atoms with Gasteiger partial charge in [0.2, 0.25) is 0 Å². The molecule has 2 N–H and O–H groups in total. The van der Waals surface area contributed by atoms with E-state index in [1.165, 1.54) is 6.92 Å². The van der Waals surface area contributed by atoms with E-state index in [-0.39, 0.29) is 0 Å². The fourth-order valence-electron chi connectivity index (χ4n) is 1.26. The summed E-state index contributed by atoms with van der Waals surface area (Å²) in [6.07, 6.45) is -0.709. The number of aliphatic hydroxyl groups is 1. The normalized spacial score (nSPS) is 14.2. The fraction of sp³-hybridized carbons (Fsp3) is 0.417. The van der Waals surface area contributed by atoms with E-state index in [1.54, 1.807) is 24.3 Å². The van der Waals surface area contributed by atoms with Crippen molar-refractivity contribution >= 4 is 5.97 Å². The summed E-state index contributed by atoms with van der Waals surface area (Å²) < 4.78 is 5.16. The second kappa shape index (κ2) is 5.51. The summed E-state index contributed by atoms with van der Waals surface area (Å²) in [5, 5.41) is 18.2. The van der Waals surface area contributed by atoms with Gasteiger partial charge < -0.3 is 14.9 Å². The first-order valence-electron chi connectivity index (χ1n) is 5.22. The van der Waals surface area contributed by atoms with Gasteiger partial charge in [0.1, 0.15) is 5.75 Å². The first-order valence-corrected chi connectivity index (χ1v) is 5.22. The molecular formula is C12H16O4. The summed E-state index contributed by atoms with van der Waals surface area (Å²) in [7, 11) is 0. The van der Waals surface area contributed by atoms with Crippen molar-refractivity contribution in [1.82, 2.24) is 0 Å². The lowest BCUT2D eigenvalue weighted by Gasteiger charge is -2.12. The Labute approximate surface area is 94.5 Å². The van der Waals surface area contributed by atoms with Crippen LogP contribution in [0.25, 0.3) is 0 Å². The molecule has 4 nitrogen and oxygen atoms in total. The van der Waals surface area contributed by atoms with Crippen molar-refractivity contribution in [3.63, 3.8) is 0 Å². The number of ether oxygens (including phenoxy) is 1. The van der Waals surface area contributed by atoms with Crippen LogP contribution in [0.3, 0.4) is 0 Å². The quantitative estimate of drug-likeness (QED) is 0.802. The predicted octanol–water partition coefficient (Wildman–Crippen LogP) is 1.98. The Balaban J connectivity index is 2.68. The molecule has 1 aromatic rings. The molecule has 0 aliphatic carbocycles. The van der Waals surface area contributed by atoms with Crippen LogP contribution >= 0.6 is 0 Å². The maximum atomic E-state index is 10.6. The summed E-state index contributed by atoms with van der Waals surface area (Å²) >= 11 is 0. The third-order valence-corrected chi connectivity index (χ3v) is 2.31. The Morgan fingerprint density at radius 3 is 2.38 bits per heavy atom. The van der Waals surface area contributed by atoms with Crippen molar-refractivity contribution in [2.24, 2.45) is 0 Å². The average molecular weight is 224 g/mol. The number of aliphatic carboxylic acids is 1. The highest BCUT2D eigenvalue weighted by Gasteiger charge is 2.12. The molecule has 16 heavy (non-hydrogen) atoms. The van der Waals surface area contributed by atoms with Crippen LogP contribution < -0.4 is 4.74 Å². The molecule has 0 saturated heterocycles. The maximum Gasteiger partial charge on any atom is 0.344 e. The van der Waals surface area contributed by atoms with Crippen LogP contribution in [0.2, 0.25) is 0 Å². The van der Waals surface area contributed by atoms with Gasteiger partial charge in [0.25, 0.3) is 0 Å². The standard InChI is InChI=1S/C12H16O4/c1-3-11(13)9-4-6-10(7-5-9)16-8(2)12(14)15/h4-8,11,13H,3H2,1-2H3,(H,14,15). The molecule has 0 amide bonds. The molecule has 0 aliphatic rings. The minimum Gasteiger partial charge on any atom is -0.479 e. The highest BCUT2D eigenvalue weighted by Crippen LogP contribution is 2.20. The molecule has 4 heteroatoms. The molecule has 0 aromatic heterocycles. The first-order chi connectivity index (χ1) is 7.54. The number of benzene rings is 1. The van der Waals surface area contributed by atoms with E-state index >= 15 is 0 Å². The zero-order valence-electron chi connectivity index (χ0n) is 9.38. The Morgan fingerprint density at radius 2 is 1.94 bits per heavy atom. The minimum absolute atomic E-state index is 0.481. The molecule has 2 atom stereocenters. The van der Waals surface area contributed by atoms with Gasteiger partial charge in [-0.25, -0.2) is 4.79 Å². The summed E-state index contributed by atoms with van der Waals surface area (Å²) in [6.45, 7) is 3.36. The van der Waals surface area contributed by atoms with Crippen molar-refractivity contribution < 1.29 is 19.7 Å². The lowest BCUT2D eigenvalue weighted by atomic mass is 10.1. The van der Waals surface area contributed by atoms with Crippen LogP contribution in [0, 0.1) is 0 Å². The second-order valence-corrected chi connectivity index (χ2v) is 3.59. The van der Waals surface area contributed by atoms with Crippen LogP contribution in [-0.4, -0.2) is 22.3 Å². The van der Waals surface area contributed by atoms with Gasteiger partial charge in [0, 0.05) is 0 Å². The second-order valence-electron chi connectivity index (χ2n) is 3.59. The fourth-order valence-corrected chi connectivity index (χ4v) is 1.26. The molecule has 0 saturated carbocycles. The summed E-state index contributed by atoms with van der Waals surface area (Å²) in [5.41, 5.74) is 0.804. The highest BCUT2D eigenvalue weighted by atomic mass is 16.5. The summed E-state index contributed by atoms with van der Waals surface area (Å²) in [4.78, 5) is 10.6. The van der Waals surface area contributed by atoms with E-state index in [0.717, 1.165) is 5.56 Å². The Morgan fingerprint density at radius 1 is 1.38 bits per heavy atom. The van der Waals surface area contributed by atoms with Gasteiger partial charge in [0.05, 0.1) is 6.10 Å². The molecule has 0 fully saturated rings. The number of carboxylic acids is 1. The largest absolute Gasteiger partial charge is 0.479 e. The molecule has 2 unspecified atom stereocenters. The van der Waals surface area contributed by atoms with Crippen LogP contribution in [-0.2, 0) is 4.79 Å². The van der Waals surface area contributed by atoms with Gasteiger partial charge in [-0.1, -0.05) is 19.1 Å². The first kappa shape index (κ1) is 12.5. The number of aliphatic hydroxyl groups excluding tert-OH is 1. The van der Waals surface area contributed by atoms with Crippen LogP contribution in [0.4, 0.5) is 0 Å². The maximum absolute atomic E-state index is 10.6. The van der Waals surface area contributed by atoms with E-state index in [9.17, 15) is 9.90 Å². The van der Waals surface area contributed by atoms with Crippen LogP contribution in [0.5, 0.6) is 5.75 Å². The number of rotatable bonds is 5.